The molecule has 1 aliphatic heterocycles. The van der Waals surface area contributed by atoms with Gasteiger partial charge in [0.25, 0.3) is 0 Å². The number of carbonyl (C=O) groups is 3. The van der Waals surface area contributed by atoms with Gasteiger partial charge in [-0.2, -0.15) is 0 Å². The van der Waals surface area contributed by atoms with Crippen molar-refractivity contribution in [3.05, 3.63) is 59.3 Å². The molecule has 3 aliphatic rings. The molecule has 2 aromatic rings. The van der Waals surface area contributed by atoms with Crippen LogP contribution in [-0.4, -0.2) is 81.9 Å². The van der Waals surface area contributed by atoms with Crippen LogP contribution in [0.15, 0.2) is 42.6 Å². The van der Waals surface area contributed by atoms with Crippen LogP contribution in [0.4, 0.5) is 15.4 Å². The smallest absolute Gasteiger partial charge is 0.410 e. The average molecular weight is 565 g/mol. The van der Waals surface area contributed by atoms with E-state index in [-0.39, 0.29) is 36.4 Å². The minimum atomic E-state index is -1.01. The molecule has 2 unspecified atom stereocenters. The summed E-state index contributed by atoms with van der Waals surface area (Å²) in [5.41, 5.74) is 1.73. The molecule has 1 aromatic carbocycles. The Labute approximate surface area is 241 Å². The second kappa shape index (κ2) is 11.6. The first kappa shape index (κ1) is 28.7. The number of aromatic nitrogens is 1. The van der Waals surface area contributed by atoms with Crippen LogP contribution in [0, 0.1) is 5.92 Å². The van der Waals surface area contributed by atoms with Crippen LogP contribution in [0.25, 0.3) is 0 Å². The van der Waals surface area contributed by atoms with Crippen molar-refractivity contribution in [1.29, 1.82) is 0 Å². The van der Waals surface area contributed by atoms with Crippen LogP contribution >= 0.6 is 0 Å². The number of benzene rings is 1. The third-order valence-corrected chi connectivity index (χ3v) is 7.89. The first-order valence-corrected chi connectivity index (χ1v) is 14.4. The Morgan fingerprint density at radius 3 is 2.39 bits per heavy atom. The minimum absolute atomic E-state index is 0.0880. The quantitative estimate of drug-likeness (QED) is 0.470. The van der Waals surface area contributed by atoms with Crippen molar-refractivity contribution in [1.82, 2.24) is 14.8 Å². The lowest BCUT2D eigenvalue weighted by Gasteiger charge is -2.39. The average Bonchev–Trinajstić information content (AvgIpc) is 3.85. The standard InChI is InChI=1S/C31H40N4O6/c1-20-17-33(27-12-11-24(16-32-27)28(36)37)13-14-34(20)29(38)40-19-22-7-9-23(10-8-22)25-15-26(25)35(18-21-5-6-21)30(39)41-31(2,3)4/h7-12,16,20-21,25-26H,5-6,13-15,17-19H2,1-4H3,(H,36,37)/t20-,25?,26?/m1/s1. The van der Waals surface area contributed by atoms with Gasteiger partial charge in [0.05, 0.1) is 5.56 Å². The van der Waals surface area contributed by atoms with Gasteiger partial charge in [0, 0.05) is 50.4 Å². The fourth-order valence-electron chi connectivity index (χ4n) is 5.35. The molecule has 1 saturated heterocycles. The summed E-state index contributed by atoms with van der Waals surface area (Å²) in [4.78, 5) is 46.8. The number of carbonyl (C=O) groups excluding carboxylic acids is 2. The van der Waals surface area contributed by atoms with Crippen LogP contribution in [-0.2, 0) is 16.1 Å². The number of ether oxygens (including phenoxy) is 2. The Bertz CT molecular complexity index is 1250. The van der Waals surface area contributed by atoms with E-state index in [9.17, 15) is 14.4 Å². The van der Waals surface area contributed by atoms with E-state index in [4.69, 9.17) is 14.6 Å². The van der Waals surface area contributed by atoms with Gasteiger partial charge in [-0.1, -0.05) is 24.3 Å². The van der Waals surface area contributed by atoms with Gasteiger partial charge >= 0.3 is 18.2 Å². The van der Waals surface area contributed by atoms with E-state index in [0.717, 1.165) is 18.5 Å². The first-order valence-electron chi connectivity index (χ1n) is 14.4. The Balaban J connectivity index is 1.10. The topological polar surface area (TPSA) is 113 Å². The number of carboxylic acid groups (broad SMARTS) is 1. The van der Waals surface area contributed by atoms with Crippen molar-refractivity contribution in [3.63, 3.8) is 0 Å². The maximum absolute atomic E-state index is 12.9. The normalized spacial score (nSPS) is 22.2. The molecule has 0 radical (unpaired) electrons. The minimum Gasteiger partial charge on any atom is -0.478 e. The van der Waals surface area contributed by atoms with E-state index in [0.29, 0.717) is 37.3 Å². The number of anilines is 1. The van der Waals surface area contributed by atoms with Crippen molar-refractivity contribution in [2.75, 3.05) is 31.1 Å². The van der Waals surface area contributed by atoms with E-state index >= 15 is 0 Å². The van der Waals surface area contributed by atoms with Crippen LogP contribution < -0.4 is 4.90 Å². The van der Waals surface area contributed by atoms with Gasteiger partial charge < -0.3 is 29.3 Å². The molecule has 5 rings (SSSR count). The number of pyridine rings is 1. The number of hydrogen-bond donors (Lipinski definition) is 1. The van der Waals surface area contributed by atoms with Crippen molar-refractivity contribution in [3.8, 4) is 0 Å². The van der Waals surface area contributed by atoms with Crippen molar-refractivity contribution >= 4 is 24.0 Å². The summed E-state index contributed by atoms with van der Waals surface area (Å²) in [6.07, 6.45) is 4.07. The van der Waals surface area contributed by atoms with Gasteiger partial charge in [0.1, 0.15) is 18.0 Å². The molecule has 220 valence electrons. The van der Waals surface area contributed by atoms with E-state index in [1.54, 1.807) is 11.0 Å². The summed E-state index contributed by atoms with van der Waals surface area (Å²) in [7, 11) is 0. The van der Waals surface area contributed by atoms with Crippen LogP contribution in [0.5, 0.6) is 0 Å². The number of carboxylic acids is 1. The van der Waals surface area contributed by atoms with Gasteiger partial charge in [-0.15, -0.1) is 0 Å². The summed E-state index contributed by atoms with van der Waals surface area (Å²) in [6.45, 7) is 10.3. The van der Waals surface area contributed by atoms with Gasteiger partial charge in [0.15, 0.2) is 0 Å². The third kappa shape index (κ3) is 7.28. The van der Waals surface area contributed by atoms with Crippen molar-refractivity contribution in [2.45, 2.75) is 77.2 Å². The maximum Gasteiger partial charge on any atom is 0.410 e. The molecule has 10 nitrogen and oxygen atoms in total. The number of piperazine rings is 1. The zero-order chi connectivity index (χ0) is 29.3. The summed E-state index contributed by atoms with van der Waals surface area (Å²) >= 11 is 0. The van der Waals surface area contributed by atoms with Crippen molar-refractivity contribution < 1.29 is 29.0 Å². The highest BCUT2D eigenvalue weighted by Gasteiger charge is 2.47. The second-order valence-electron chi connectivity index (χ2n) is 12.5. The summed E-state index contributed by atoms with van der Waals surface area (Å²) in [6, 6.07) is 11.4. The number of hydrogen-bond acceptors (Lipinski definition) is 7. The number of rotatable bonds is 8. The molecular formula is C31H40N4O6. The Morgan fingerprint density at radius 2 is 1.80 bits per heavy atom. The zero-order valence-electron chi connectivity index (χ0n) is 24.3. The van der Waals surface area contributed by atoms with Crippen LogP contribution in [0.1, 0.15) is 74.4 Å². The fraction of sp³-hybridized carbons (Fsp3) is 0.548. The summed E-state index contributed by atoms with van der Waals surface area (Å²) < 4.78 is 11.3. The molecule has 2 heterocycles. The highest BCUT2D eigenvalue weighted by atomic mass is 16.6. The predicted octanol–water partition coefficient (Wildman–Crippen LogP) is 5.13. The van der Waals surface area contributed by atoms with E-state index in [1.165, 1.54) is 30.7 Å². The van der Waals surface area contributed by atoms with Crippen LogP contribution in [0.3, 0.4) is 0 Å². The Kier molecular flexibility index (Phi) is 8.11. The lowest BCUT2D eigenvalue weighted by atomic mass is 10.1. The SMILES string of the molecule is C[C@@H]1CN(c2ccc(C(=O)O)cn2)CCN1C(=O)OCc1ccc(C2CC2N(CC2CC2)C(=O)OC(C)(C)C)cc1. The maximum atomic E-state index is 12.9. The number of aromatic carboxylic acids is 1. The third-order valence-electron chi connectivity index (χ3n) is 7.89. The molecule has 1 N–H and O–H groups in total. The molecular weight excluding hydrogens is 524 g/mol. The molecule has 41 heavy (non-hydrogen) atoms. The zero-order valence-corrected chi connectivity index (χ0v) is 24.3. The lowest BCUT2D eigenvalue weighted by molar-refractivity contribution is 0.0220. The van der Waals surface area contributed by atoms with E-state index in [2.05, 4.69) is 17.1 Å². The first-order chi connectivity index (χ1) is 19.5. The Morgan fingerprint density at radius 1 is 1.07 bits per heavy atom. The summed E-state index contributed by atoms with van der Waals surface area (Å²) in [5, 5.41) is 9.08. The monoisotopic (exact) mass is 564 g/mol. The van der Waals surface area contributed by atoms with Gasteiger partial charge in [-0.05, 0) is 76.1 Å². The number of amides is 2. The molecule has 1 aromatic heterocycles. The molecule has 3 fully saturated rings. The number of nitrogens with zero attached hydrogens (tertiary/aromatic N) is 4. The van der Waals surface area contributed by atoms with Crippen molar-refractivity contribution in [2.24, 2.45) is 5.92 Å². The molecule has 2 saturated carbocycles. The lowest BCUT2D eigenvalue weighted by Crippen LogP contribution is -2.54. The van der Waals surface area contributed by atoms with Crippen LogP contribution in [0.2, 0.25) is 0 Å². The molecule has 0 spiro atoms. The highest BCUT2D eigenvalue weighted by molar-refractivity contribution is 5.87. The molecule has 0 bridgehead atoms. The molecule has 3 atom stereocenters. The largest absolute Gasteiger partial charge is 0.478 e. The van der Waals surface area contributed by atoms with E-state index in [1.807, 2.05) is 49.6 Å². The molecule has 2 aliphatic carbocycles. The molecule has 2 amide bonds. The second-order valence-corrected chi connectivity index (χ2v) is 12.5. The molecule has 10 heteroatoms. The Hall–Kier alpha value is -3.82. The fourth-order valence-corrected chi connectivity index (χ4v) is 5.35. The summed E-state index contributed by atoms with van der Waals surface area (Å²) in [5.74, 6) is 0.568. The van der Waals surface area contributed by atoms with E-state index < -0.39 is 11.6 Å². The van der Waals surface area contributed by atoms with Gasteiger partial charge in [0.2, 0.25) is 0 Å². The van der Waals surface area contributed by atoms with Gasteiger partial charge in [-0.3, -0.25) is 0 Å². The predicted molar refractivity (Wildman–Crippen MR) is 153 cm³/mol. The van der Waals surface area contributed by atoms with Gasteiger partial charge in [-0.25, -0.2) is 19.4 Å². The highest BCUT2D eigenvalue weighted by Crippen LogP contribution is 2.46.